The number of rotatable bonds is 5. The minimum atomic E-state index is -1.26. The highest BCUT2D eigenvalue weighted by atomic mass is 19.2. The van der Waals surface area contributed by atoms with Crippen LogP contribution in [0.4, 0.5) is 8.78 Å². The van der Waals surface area contributed by atoms with E-state index >= 15 is 0 Å². The Balaban J connectivity index is 3.86. The van der Waals surface area contributed by atoms with Crippen molar-refractivity contribution in [3.05, 3.63) is 0 Å². The van der Waals surface area contributed by atoms with Crippen molar-refractivity contribution in [3.8, 4) is 0 Å². The monoisotopic (exact) mass is 164 g/mol. The molecular weight excluding hydrogens is 146 g/mol. The van der Waals surface area contributed by atoms with E-state index in [-0.39, 0.29) is 5.41 Å². The molecule has 0 N–H and O–H groups in total. The van der Waals surface area contributed by atoms with Crippen LogP contribution < -0.4 is 0 Å². The number of halogens is 2. The molecule has 0 saturated carbocycles. The van der Waals surface area contributed by atoms with Gasteiger partial charge in [0.25, 0.3) is 0 Å². The second-order valence-electron chi connectivity index (χ2n) is 3.47. The summed E-state index contributed by atoms with van der Waals surface area (Å²) in [5, 5.41) is 0. The molecule has 0 radical (unpaired) electrons. The Morgan fingerprint density at radius 1 is 1.27 bits per heavy atom. The SMILES string of the molecule is CCC(C)(CC)C[C@H](F)CF. The highest BCUT2D eigenvalue weighted by Gasteiger charge is 2.24. The van der Waals surface area contributed by atoms with Crippen LogP contribution in [0.25, 0.3) is 0 Å². The van der Waals surface area contributed by atoms with Gasteiger partial charge in [-0.1, -0.05) is 33.6 Å². The van der Waals surface area contributed by atoms with Crippen LogP contribution in [0.2, 0.25) is 0 Å². The van der Waals surface area contributed by atoms with Crippen LogP contribution in [0.3, 0.4) is 0 Å². The number of hydrogen-bond acceptors (Lipinski definition) is 0. The number of hydrogen-bond donors (Lipinski definition) is 0. The summed E-state index contributed by atoms with van der Waals surface area (Å²) in [7, 11) is 0. The van der Waals surface area contributed by atoms with Gasteiger partial charge in [0.15, 0.2) is 0 Å². The predicted octanol–water partition coefficient (Wildman–Crippen LogP) is 3.51. The summed E-state index contributed by atoms with van der Waals surface area (Å²) < 4.78 is 24.4. The van der Waals surface area contributed by atoms with Crippen LogP contribution >= 0.6 is 0 Å². The third kappa shape index (κ3) is 3.68. The molecule has 0 aromatic rings. The molecule has 2 heteroatoms. The van der Waals surface area contributed by atoms with E-state index in [0.717, 1.165) is 12.8 Å². The van der Waals surface area contributed by atoms with Crippen molar-refractivity contribution in [3.63, 3.8) is 0 Å². The molecule has 0 heterocycles. The van der Waals surface area contributed by atoms with E-state index in [2.05, 4.69) is 0 Å². The third-order valence-corrected chi connectivity index (χ3v) is 2.59. The van der Waals surface area contributed by atoms with Gasteiger partial charge in [-0.05, 0) is 11.8 Å². The first kappa shape index (κ1) is 10.9. The molecule has 0 aromatic heterocycles. The van der Waals surface area contributed by atoms with Crippen LogP contribution in [0, 0.1) is 5.41 Å². The molecule has 0 aliphatic heterocycles. The Bertz CT molecular complexity index is 97.7. The summed E-state index contributed by atoms with van der Waals surface area (Å²) in [5.74, 6) is 0. The van der Waals surface area contributed by atoms with Crippen LogP contribution in [-0.4, -0.2) is 12.8 Å². The second-order valence-corrected chi connectivity index (χ2v) is 3.47. The standard InChI is InChI=1S/C9H18F2/c1-4-9(3,5-2)6-8(11)7-10/h8H,4-7H2,1-3H3/t8-/m0/s1. The molecule has 0 bridgehead atoms. The lowest BCUT2D eigenvalue weighted by molar-refractivity contribution is 0.154. The summed E-state index contributed by atoms with van der Waals surface area (Å²) in [6.07, 6.45) is 0.935. The van der Waals surface area contributed by atoms with Gasteiger partial charge in [0.2, 0.25) is 0 Å². The van der Waals surface area contributed by atoms with E-state index in [0.29, 0.717) is 6.42 Å². The van der Waals surface area contributed by atoms with Gasteiger partial charge in [0.05, 0.1) is 0 Å². The van der Waals surface area contributed by atoms with Crippen molar-refractivity contribution in [1.29, 1.82) is 0 Å². The highest BCUT2D eigenvalue weighted by molar-refractivity contribution is 4.74. The quantitative estimate of drug-likeness (QED) is 0.583. The molecule has 11 heavy (non-hydrogen) atoms. The van der Waals surface area contributed by atoms with Crippen molar-refractivity contribution < 1.29 is 8.78 Å². The third-order valence-electron chi connectivity index (χ3n) is 2.59. The van der Waals surface area contributed by atoms with Gasteiger partial charge < -0.3 is 0 Å². The van der Waals surface area contributed by atoms with E-state index in [1.54, 1.807) is 0 Å². The summed E-state index contributed by atoms with van der Waals surface area (Å²) in [4.78, 5) is 0. The lowest BCUT2D eigenvalue weighted by Gasteiger charge is -2.27. The average molecular weight is 164 g/mol. The summed E-state index contributed by atoms with van der Waals surface area (Å²) in [6, 6.07) is 0. The van der Waals surface area contributed by atoms with E-state index in [4.69, 9.17) is 0 Å². The van der Waals surface area contributed by atoms with E-state index in [9.17, 15) is 8.78 Å². The zero-order valence-electron chi connectivity index (χ0n) is 7.66. The fourth-order valence-electron chi connectivity index (χ4n) is 1.13. The topological polar surface area (TPSA) is 0 Å². The molecule has 1 atom stereocenters. The maximum atomic E-state index is 12.6. The van der Waals surface area contributed by atoms with E-state index in [1.807, 2.05) is 20.8 Å². The molecule has 68 valence electrons. The lowest BCUT2D eigenvalue weighted by atomic mass is 9.80. The Kier molecular flexibility index (Phi) is 4.62. The van der Waals surface area contributed by atoms with Crippen molar-refractivity contribution in [1.82, 2.24) is 0 Å². The molecule has 0 rings (SSSR count). The summed E-state index contributed by atoms with van der Waals surface area (Å²) in [5.41, 5.74) is -0.00843. The van der Waals surface area contributed by atoms with Gasteiger partial charge in [0.1, 0.15) is 12.8 Å². The zero-order chi connectivity index (χ0) is 8.91. The molecule has 0 spiro atoms. The summed E-state index contributed by atoms with van der Waals surface area (Å²) >= 11 is 0. The lowest BCUT2D eigenvalue weighted by Crippen LogP contribution is -2.20. The normalized spacial score (nSPS) is 15.0. The van der Waals surface area contributed by atoms with Crippen molar-refractivity contribution in [2.75, 3.05) is 6.67 Å². The van der Waals surface area contributed by atoms with Crippen LogP contribution in [0.5, 0.6) is 0 Å². The Hall–Kier alpha value is -0.140. The first-order chi connectivity index (χ1) is 5.08. The van der Waals surface area contributed by atoms with Crippen molar-refractivity contribution >= 4 is 0 Å². The second kappa shape index (κ2) is 4.68. The Morgan fingerprint density at radius 2 is 1.73 bits per heavy atom. The molecule has 0 nitrogen and oxygen atoms in total. The zero-order valence-corrected chi connectivity index (χ0v) is 7.66. The van der Waals surface area contributed by atoms with E-state index in [1.165, 1.54) is 0 Å². The fourth-order valence-corrected chi connectivity index (χ4v) is 1.13. The molecule has 0 aliphatic carbocycles. The first-order valence-corrected chi connectivity index (χ1v) is 4.28. The molecule has 0 fully saturated rings. The van der Waals surface area contributed by atoms with Gasteiger partial charge in [0, 0.05) is 0 Å². The largest absolute Gasteiger partial charge is 0.248 e. The van der Waals surface area contributed by atoms with Gasteiger partial charge in [-0.2, -0.15) is 0 Å². The van der Waals surface area contributed by atoms with Crippen molar-refractivity contribution in [2.24, 2.45) is 5.41 Å². The minimum absolute atomic E-state index is 0.00843. The van der Waals surface area contributed by atoms with Gasteiger partial charge in [-0.25, -0.2) is 8.78 Å². The highest BCUT2D eigenvalue weighted by Crippen LogP contribution is 2.31. The molecule has 0 aromatic carbocycles. The smallest absolute Gasteiger partial charge is 0.129 e. The molecule has 0 amide bonds. The van der Waals surface area contributed by atoms with Gasteiger partial charge in [-0.15, -0.1) is 0 Å². The average Bonchev–Trinajstić information content (AvgIpc) is 2.04. The first-order valence-electron chi connectivity index (χ1n) is 4.28. The van der Waals surface area contributed by atoms with Crippen LogP contribution in [-0.2, 0) is 0 Å². The fraction of sp³-hybridized carbons (Fsp3) is 1.00. The maximum absolute atomic E-state index is 12.6. The Labute approximate surface area is 68.0 Å². The van der Waals surface area contributed by atoms with Crippen LogP contribution in [0.1, 0.15) is 40.0 Å². The summed E-state index contributed by atoms with van der Waals surface area (Å²) in [6.45, 7) is 5.22. The van der Waals surface area contributed by atoms with Gasteiger partial charge >= 0.3 is 0 Å². The number of alkyl halides is 2. The molecule has 0 saturated heterocycles. The molecule has 0 aliphatic rings. The predicted molar refractivity (Wildman–Crippen MR) is 44.2 cm³/mol. The molecule has 0 unspecified atom stereocenters. The minimum Gasteiger partial charge on any atom is -0.248 e. The Morgan fingerprint density at radius 3 is 2.00 bits per heavy atom. The van der Waals surface area contributed by atoms with Crippen LogP contribution in [0.15, 0.2) is 0 Å². The van der Waals surface area contributed by atoms with E-state index < -0.39 is 12.8 Å². The molecular formula is C9H18F2. The van der Waals surface area contributed by atoms with Crippen molar-refractivity contribution in [2.45, 2.75) is 46.2 Å². The van der Waals surface area contributed by atoms with Gasteiger partial charge in [-0.3, -0.25) is 0 Å². The maximum Gasteiger partial charge on any atom is 0.129 e.